The fraction of sp³-hybridized carbons (Fsp3) is 1.00. The van der Waals surface area contributed by atoms with Gasteiger partial charge in [-0.1, -0.05) is 20.3 Å². The third kappa shape index (κ3) is 3.43. The number of ether oxygens (including phenoxy) is 1. The van der Waals surface area contributed by atoms with Crippen LogP contribution in [0.2, 0.25) is 0 Å². The van der Waals surface area contributed by atoms with Gasteiger partial charge in [-0.2, -0.15) is 0 Å². The Hall–Kier alpha value is -0.120. The Labute approximate surface area is 106 Å². The van der Waals surface area contributed by atoms with Crippen molar-refractivity contribution in [3.63, 3.8) is 0 Å². The summed E-state index contributed by atoms with van der Waals surface area (Å²) in [5.74, 6) is 0. The number of hydrogen-bond donors (Lipinski definition) is 1. The van der Waals surface area contributed by atoms with Crippen molar-refractivity contribution in [1.82, 2.24) is 4.90 Å². The molecule has 17 heavy (non-hydrogen) atoms. The Morgan fingerprint density at radius 1 is 1.24 bits per heavy atom. The van der Waals surface area contributed by atoms with Gasteiger partial charge in [-0.25, -0.2) is 0 Å². The van der Waals surface area contributed by atoms with Gasteiger partial charge < -0.3 is 15.4 Å². The molecule has 0 aromatic carbocycles. The first-order valence-corrected chi connectivity index (χ1v) is 7.23. The molecule has 2 rings (SSSR count). The number of likely N-dealkylation sites (tertiary alicyclic amines) is 1. The lowest BCUT2D eigenvalue weighted by Gasteiger charge is -2.39. The molecule has 3 nitrogen and oxygen atoms in total. The summed E-state index contributed by atoms with van der Waals surface area (Å²) >= 11 is 0. The van der Waals surface area contributed by atoms with Crippen molar-refractivity contribution in [3.05, 3.63) is 0 Å². The second-order valence-electron chi connectivity index (χ2n) is 6.16. The van der Waals surface area contributed by atoms with Crippen LogP contribution in [0.15, 0.2) is 0 Å². The minimum Gasteiger partial charge on any atom is -0.372 e. The normalized spacial score (nSPS) is 34.1. The van der Waals surface area contributed by atoms with E-state index in [0.29, 0.717) is 24.2 Å². The molecule has 0 aromatic heterocycles. The molecule has 0 unspecified atom stereocenters. The van der Waals surface area contributed by atoms with Gasteiger partial charge in [-0.05, 0) is 44.2 Å². The third-order valence-electron chi connectivity index (χ3n) is 4.84. The first-order valence-electron chi connectivity index (χ1n) is 7.23. The molecule has 2 atom stereocenters. The van der Waals surface area contributed by atoms with Crippen LogP contribution in [0, 0.1) is 5.41 Å². The van der Waals surface area contributed by atoms with E-state index < -0.39 is 0 Å². The Bertz CT molecular complexity index is 236. The van der Waals surface area contributed by atoms with Crippen molar-refractivity contribution in [2.45, 2.75) is 58.2 Å². The highest BCUT2D eigenvalue weighted by molar-refractivity contribution is 4.84. The van der Waals surface area contributed by atoms with Gasteiger partial charge in [0.15, 0.2) is 0 Å². The van der Waals surface area contributed by atoms with Crippen LogP contribution in [0.1, 0.15) is 46.0 Å². The highest BCUT2D eigenvalue weighted by atomic mass is 16.5. The Balaban J connectivity index is 1.72. The largest absolute Gasteiger partial charge is 0.372 e. The van der Waals surface area contributed by atoms with Crippen LogP contribution in [0.5, 0.6) is 0 Å². The summed E-state index contributed by atoms with van der Waals surface area (Å²) in [5, 5.41) is 0. The Morgan fingerprint density at radius 2 is 1.88 bits per heavy atom. The van der Waals surface area contributed by atoms with Crippen LogP contribution in [0.3, 0.4) is 0 Å². The number of piperidine rings is 1. The third-order valence-corrected chi connectivity index (χ3v) is 4.84. The van der Waals surface area contributed by atoms with E-state index >= 15 is 0 Å². The van der Waals surface area contributed by atoms with Crippen LogP contribution in [-0.4, -0.2) is 43.3 Å². The van der Waals surface area contributed by atoms with Crippen LogP contribution >= 0.6 is 0 Å². The molecule has 0 aliphatic carbocycles. The summed E-state index contributed by atoms with van der Waals surface area (Å²) in [6.45, 7) is 9.05. The van der Waals surface area contributed by atoms with Crippen molar-refractivity contribution in [2.24, 2.45) is 11.1 Å². The molecule has 2 heterocycles. The molecule has 0 aromatic rings. The van der Waals surface area contributed by atoms with Crippen LogP contribution < -0.4 is 5.73 Å². The lowest BCUT2D eigenvalue weighted by atomic mass is 9.78. The fourth-order valence-corrected chi connectivity index (χ4v) is 3.00. The zero-order valence-corrected chi connectivity index (χ0v) is 11.5. The molecule has 0 radical (unpaired) electrons. The first-order chi connectivity index (χ1) is 8.15. The minimum atomic E-state index is 0.325. The van der Waals surface area contributed by atoms with E-state index in [4.69, 9.17) is 10.5 Å². The van der Waals surface area contributed by atoms with Gasteiger partial charge in [0.2, 0.25) is 0 Å². The molecule has 0 amide bonds. The number of hydrogen-bond acceptors (Lipinski definition) is 3. The van der Waals surface area contributed by atoms with E-state index in [-0.39, 0.29) is 0 Å². The second kappa shape index (κ2) is 5.68. The number of nitrogens with zero attached hydrogens (tertiary/aromatic N) is 1. The molecule has 0 spiro atoms. The van der Waals surface area contributed by atoms with E-state index in [1.165, 1.54) is 38.8 Å². The topological polar surface area (TPSA) is 38.5 Å². The summed E-state index contributed by atoms with van der Waals surface area (Å²) in [6.07, 6.45) is 7.12. The predicted molar refractivity (Wildman–Crippen MR) is 71.0 cm³/mol. The molecule has 2 N–H and O–H groups in total. The van der Waals surface area contributed by atoms with Crippen LogP contribution in [0.4, 0.5) is 0 Å². The van der Waals surface area contributed by atoms with Gasteiger partial charge in [-0.3, -0.25) is 0 Å². The van der Waals surface area contributed by atoms with Gasteiger partial charge in [0.05, 0.1) is 12.2 Å². The van der Waals surface area contributed by atoms with Gasteiger partial charge >= 0.3 is 0 Å². The van der Waals surface area contributed by atoms with Crippen molar-refractivity contribution in [3.8, 4) is 0 Å². The molecule has 100 valence electrons. The SMILES string of the molecule is CCC1(C)CCN(C[C@@H]2CC[C@H](CN)O2)CC1. The van der Waals surface area contributed by atoms with Gasteiger partial charge in [0, 0.05) is 13.1 Å². The molecular weight excluding hydrogens is 212 g/mol. The number of nitrogens with two attached hydrogens (primary N) is 1. The zero-order valence-electron chi connectivity index (χ0n) is 11.5. The van der Waals surface area contributed by atoms with Crippen molar-refractivity contribution >= 4 is 0 Å². The summed E-state index contributed by atoms with van der Waals surface area (Å²) in [5.41, 5.74) is 6.23. The van der Waals surface area contributed by atoms with E-state index in [0.717, 1.165) is 13.0 Å². The summed E-state index contributed by atoms with van der Waals surface area (Å²) < 4.78 is 5.92. The van der Waals surface area contributed by atoms with E-state index in [2.05, 4.69) is 18.7 Å². The van der Waals surface area contributed by atoms with Crippen molar-refractivity contribution < 1.29 is 4.74 Å². The van der Waals surface area contributed by atoms with Crippen molar-refractivity contribution in [1.29, 1.82) is 0 Å². The van der Waals surface area contributed by atoms with Crippen LogP contribution in [0.25, 0.3) is 0 Å². The smallest absolute Gasteiger partial charge is 0.0707 e. The van der Waals surface area contributed by atoms with E-state index in [9.17, 15) is 0 Å². The Kier molecular flexibility index (Phi) is 4.45. The molecule has 2 aliphatic rings. The Morgan fingerprint density at radius 3 is 2.41 bits per heavy atom. The summed E-state index contributed by atoms with van der Waals surface area (Å²) in [7, 11) is 0. The van der Waals surface area contributed by atoms with Gasteiger partial charge in [0.25, 0.3) is 0 Å². The monoisotopic (exact) mass is 240 g/mol. The predicted octanol–water partition coefficient (Wildman–Crippen LogP) is 2.00. The number of rotatable bonds is 4. The lowest BCUT2D eigenvalue weighted by molar-refractivity contribution is 0.0120. The molecule has 2 aliphatic heterocycles. The van der Waals surface area contributed by atoms with E-state index in [1.807, 2.05) is 0 Å². The highest BCUT2D eigenvalue weighted by Gasteiger charge is 2.31. The first kappa shape index (κ1) is 13.3. The van der Waals surface area contributed by atoms with E-state index in [1.54, 1.807) is 0 Å². The van der Waals surface area contributed by atoms with Gasteiger partial charge in [0.1, 0.15) is 0 Å². The summed E-state index contributed by atoms with van der Waals surface area (Å²) in [4.78, 5) is 2.58. The molecule has 2 fully saturated rings. The maximum Gasteiger partial charge on any atom is 0.0707 e. The molecule has 0 bridgehead atoms. The minimum absolute atomic E-state index is 0.325. The van der Waals surface area contributed by atoms with Crippen molar-refractivity contribution in [2.75, 3.05) is 26.2 Å². The maximum atomic E-state index is 5.92. The lowest BCUT2D eigenvalue weighted by Crippen LogP contribution is -2.42. The average molecular weight is 240 g/mol. The maximum absolute atomic E-state index is 5.92. The molecule has 2 saturated heterocycles. The fourth-order valence-electron chi connectivity index (χ4n) is 3.00. The molecule has 0 saturated carbocycles. The standard InChI is InChI=1S/C14H28N2O/c1-3-14(2)6-8-16(9-7-14)11-13-5-4-12(10-15)17-13/h12-13H,3-11,15H2,1-2H3/t12-,13+/m1/s1. The highest BCUT2D eigenvalue weighted by Crippen LogP contribution is 2.34. The molecule has 3 heteroatoms. The molecular formula is C14H28N2O. The zero-order chi connectivity index (χ0) is 12.3. The summed E-state index contributed by atoms with van der Waals surface area (Å²) in [6, 6.07) is 0. The van der Waals surface area contributed by atoms with Gasteiger partial charge in [-0.15, -0.1) is 0 Å². The second-order valence-corrected chi connectivity index (χ2v) is 6.16. The average Bonchev–Trinajstić information content (AvgIpc) is 2.80. The van der Waals surface area contributed by atoms with Crippen LogP contribution in [-0.2, 0) is 4.74 Å². The quantitative estimate of drug-likeness (QED) is 0.817.